The second-order valence-electron chi connectivity index (χ2n) is 2.82. The number of hydrogen-bond donors (Lipinski definition) is 0. The van der Waals surface area contributed by atoms with Crippen LogP contribution in [0, 0.1) is 17.0 Å². The number of nitro groups is 1. The standard InChI is InChI=1S/C8H7ClF2N2O2/c1-4-7(13(14)15)5(2-9)6(3-12-4)8(10)11/h3,8H,2H2,1H3. The zero-order valence-electron chi connectivity index (χ0n) is 7.71. The van der Waals surface area contributed by atoms with Gasteiger partial charge in [-0.3, -0.25) is 15.1 Å². The Hall–Kier alpha value is -1.30. The van der Waals surface area contributed by atoms with Crippen molar-refractivity contribution in [3.05, 3.63) is 33.1 Å². The molecule has 0 aliphatic rings. The number of aromatic nitrogens is 1. The van der Waals surface area contributed by atoms with Crippen LogP contribution in [0.25, 0.3) is 0 Å². The van der Waals surface area contributed by atoms with Crippen LogP contribution in [0.1, 0.15) is 23.2 Å². The van der Waals surface area contributed by atoms with Gasteiger partial charge in [0.2, 0.25) is 0 Å². The summed E-state index contributed by atoms with van der Waals surface area (Å²) >= 11 is 5.43. The molecule has 0 bridgehead atoms. The van der Waals surface area contributed by atoms with E-state index in [-0.39, 0.29) is 17.1 Å². The van der Waals surface area contributed by atoms with E-state index >= 15 is 0 Å². The first-order valence-corrected chi connectivity index (χ1v) is 4.49. The van der Waals surface area contributed by atoms with Crippen LogP contribution in [0.4, 0.5) is 14.5 Å². The Morgan fingerprint density at radius 2 is 2.27 bits per heavy atom. The fourth-order valence-corrected chi connectivity index (χ4v) is 1.51. The highest BCUT2D eigenvalue weighted by Crippen LogP contribution is 2.31. The smallest absolute Gasteiger partial charge is 0.258 e. The van der Waals surface area contributed by atoms with Gasteiger partial charge in [-0.1, -0.05) is 0 Å². The van der Waals surface area contributed by atoms with E-state index in [9.17, 15) is 18.9 Å². The van der Waals surface area contributed by atoms with Gasteiger partial charge in [0.05, 0.1) is 16.4 Å². The minimum absolute atomic E-state index is 0.0834. The summed E-state index contributed by atoms with van der Waals surface area (Å²) in [5.41, 5.74) is -0.991. The first-order valence-electron chi connectivity index (χ1n) is 3.96. The Labute approximate surface area is 89.0 Å². The van der Waals surface area contributed by atoms with Crippen LogP contribution in [0.5, 0.6) is 0 Å². The van der Waals surface area contributed by atoms with Crippen molar-refractivity contribution < 1.29 is 13.7 Å². The normalized spacial score (nSPS) is 10.7. The van der Waals surface area contributed by atoms with Gasteiger partial charge < -0.3 is 0 Å². The summed E-state index contributed by atoms with van der Waals surface area (Å²) in [4.78, 5) is 13.4. The summed E-state index contributed by atoms with van der Waals surface area (Å²) in [6.07, 6.45) is -1.89. The van der Waals surface area contributed by atoms with Crippen molar-refractivity contribution in [3.63, 3.8) is 0 Å². The summed E-state index contributed by atoms with van der Waals surface area (Å²) in [5, 5.41) is 10.6. The molecule has 0 spiro atoms. The molecule has 1 aromatic rings. The molecule has 1 aromatic heterocycles. The number of hydrogen-bond acceptors (Lipinski definition) is 3. The van der Waals surface area contributed by atoms with Crippen LogP contribution in [-0.2, 0) is 5.88 Å². The van der Waals surface area contributed by atoms with E-state index in [1.807, 2.05) is 0 Å². The molecule has 0 aliphatic heterocycles. The van der Waals surface area contributed by atoms with Gasteiger partial charge in [0.15, 0.2) is 0 Å². The van der Waals surface area contributed by atoms with E-state index in [1.54, 1.807) is 0 Å². The second-order valence-corrected chi connectivity index (χ2v) is 3.08. The fourth-order valence-electron chi connectivity index (χ4n) is 1.23. The van der Waals surface area contributed by atoms with E-state index in [1.165, 1.54) is 6.92 Å². The largest absolute Gasteiger partial charge is 0.295 e. The lowest BCUT2D eigenvalue weighted by molar-refractivity contribution is -0.386. The number of alkyl halides is 3. The van der Waals surface area contributed by atoms with Gasteiger partial charge in [-0.05, 0) is 6.92 Å². The number of nitrogens with zero attached hydrogens (tertiary/aromatic N) is 2. The summed E-state index contributed by atoms with van der Waals surface area (Å²) in [6, 6.07) is 0. The topological polar surface area (TPSA) is 56.0 Å². The van der Waals surface area contributed by atoms with E-state index < -0.39 is 22.6 Å². The number of aryl methyl sites for hydroxylation is 1. The van der Waals surface area contributed by atoms with Gasteiger partial charge in [0, 0.05) is 11.8 Å². The van der Waals surface area contributed by atoms with Crippen molar-refractivity contribution in [2.75, 3.05) is 0 Å². The molecule has 7 heteroatoms. The van der Waals surface area contributed by atoms with Crippen molar-refractivity contribution in [3.8, 4) is 0 Å². The number of pyridine rings is 1. The quantitative estimate of drug-likeness (QED) is 0.461. The molecule has 15 heavy (non-hydrogen) atoms. The van der Waals surface area contributed by atoms with Gasteiger partial charge in [-0.2, -0.15) is 0 Å². The maximum atomic E-state index is 12.5. The van der Waals surface area contributed by atoms with Crippen molar-refractivity contribution in [1.82, 2.24) is 4.98 Å². The Morgan fingerprint density at radius 3 is 2.67 bits per heavy atom. The molecule has 1 rings (SSSR count). The van der Waals surface area contributed by atoms with Crippen LogP contribution in [0.3, 0.4) is 0 Å². The lowest BCUT2D eigenvalue weighted by Crippen LogP contribution is -2.03. The SMILES string of the molecule is Cc1ncc(C(F)F)c(CCl)c1[N+](=O)[O-]. The van der Waals surface area contributed by atoms with Crippen LogP contribution >= 0.6 is 11.6 Å². The molecular weight excluding hydrogens is 230 g/mol. The van der Waals surface area contributed by atoms with E-state index in [2.05, 4.69) is 4.98 Å². The minimum atomic E-state index is -2.81. The molecule has 0 fully saturated rings. The third-order valence-corrected chi connectivity index (χ3v) is 2.19. The maximum Gasteiger partial charge on any atom is 0.295 e. The second kappa shape index (κ2) is 4.48. The minimum Gasteiger partial charge on any atom is -0.258 e. The van der Waals surface area contributed by atoms with Gasteiger partial charge in [0.25, 0.3) is 12.1 Å². The van der Waals surface area contributed by atoms with Gasteiger partial charge >= 0.3 is 0 Å². The van der Waals surface area contributed by atoms with Gasteiger partial charge in [-0.25, -0.2) is 8.78 Å². The molecule has 0 aliphatic carbocycles. The summed E-state index contributed by atoms with van der Waals surface area (Å²) < 4.78 is 24.9. The summed E-state index contributed by atoms with van der Waals surface area (Å²) in [6.45, 7) is 1.38. The predicted octanol–water partition coefficient (Wildman–Crippen LogP) is 2.97. The summed E-state index contributed by atoms with van der Waals surface area (Å²) in [7, 11) is 0. The lowest BCUT2D eigenvalue weighted by Gasteiger charge is -2.07. The highest BCUT2D eigenvalue weighted by molar-refractivity contribution is 6.17. The molecule has 0 amide bonds. The van der Waals surface area contributed by atoms with Crippen LogP contribution in [0.15, 0.2) is 6.20 Å². The molecule has 0 saturated heterocycles. The van der Waals surface area contributed by atoms with Crippen LogP contribution in [0.2, 0.25) is 0 Å². The zero-order chi connectivity index (χ0) is 11.6. The molecule has 0 radical (unpaired) electrons. The first-order chi connectivity index (χ1) is 6.99. The Balaban J connectivity index is 3.47. The van der Waals surface area contributed by atoms with E-state index in [0.29, 0.717) is 0 Å². The average molecular weight is 237 g/mol. The Bertz CT molecular complexity index is 398. The summed E-state index contributed by atoms with van der Waals surface area (Å²) in [5.74, 6) is -0.334. The van der Waals surface area contributed by atoms with Gasteiger partial charge in [-0.15, -0.1) is 11.6 Å². The number of halogens is 3. The highest BCUT2D eigenvalue weighted by atomic mass is 35.5. The third kappa shape index (κ3) is 2.20. The molecule has 82 valence electrons. The van der Waals surface area contributed by atoms with Gasteiger partial charge in [0.1, 0.15) is 5.69 Å². The maximum absolute atomic E-state index is 12.5. The Kier molecular flexibility index (Phi) is 3.52. The molecule has 0 N–H and O–H groups in total. The van der Waals surface area contributed by atoms with Crippen molar-refractivity contribution in [2.24, 2.45) is 0 Å². The predicted molar refractivity (Wildman–Crippen MR) is 50.1 cm³/mol. The van der Waals surface area contributed by atoms with E-state index in [0.717, 1.165) is 6.20 Å². The molecule has 0 aromatic carbocycles. The molecule has 1 heterocycles. The van der Waals surface area contributed by atoms with E-state index in [4.69, 9.17) is 11.6 Å². The van der Waals surface area contributed by atoms with Crippen LogP contribution in [-0.4, -0.2) is 9.91 Å². The zero-order valence-corrected chi connectivity index (χ0v) is 8.46. The number of rotatable bonds is 3. The molecule has 0 unspecified atom stereocenters. The highest BCUT2D eigenvalue weighted by Gasteiger charge is 2.25. The monoisotopic (exact) mass is 236 g/mol. The van der Waals surface area contributed by atoms with Crippen molar-refractivity contribution in [2.45, 2.75) is 19.2 Å². The van der Waals surface area contributed by atoms with Crippen molar-refractivity contribution >= 4 is 17.3 Å². The molecule has 0 saturated carbocycles. The molecular formula is C8H7ClF2N2O2. The Morgan fingerprint density at radius 1 is 1.67 bits per heavy atom. The molecule has 4 nitrogen and oxygen atoms in total. The van der Waals surface area contributed by atoms with Crippen LogP contribution < -0.4 is 0 Å². The first kappa shape index (κ1) is 11.8. The molecule has 0 atom stereocenters. The fraction of sp³-hybridized carbons (Fsp3) is 0.375. The average Bonchev–Trinajstić information content (AvgIpc) is 2.15. The lowest BCUT2D eigenvalue weighted by atomic mass is 10.1. The third-order valence-electron chi connectivity index (χ3n) is 1.93. The van der Waals surface area contributed by atoms with Crippen molar-refractivity contribution in [1.29, 1.82) is 0 Å².